The summed E-state index contributed by atoms with van der Waals surface area (Å²) in [6.45, 7) is 0. The Bertz CT molecular complexity index is 896. The summed E-state index contributed by atoms with van der Waals surface area (Å²) in [6.07, 6.45) is 2.47. The van der Waals surface area contributed by atoms with Crippen molar-refractivity contribution < 1.29 is 9.53 Å². The Morgan fingerprint density at radius 3 is 2.71 bits per heavy atom. The first-order valence-corrected chi connectivity index (χ1v) is 8.96. The molecule has 0 bridgehead atoms. The molecule has 6 heteroatoms. The van der Waals surface area contributed by atoms with Crippen LogP contribution < -0.4 is 10.5 Å². The molecule has 2 aliphatic rings. The number of benzene rings is 2. The quantitative estimate of drug-likeness (QED) is 0.761. The van der Waals surface area contributed by atoms with Crippen LogP contribution in [0.5, 0.6) is 5.75 Å². The number of hydrogen-bond acceptors (Lipinski definition) is 3. The van der Waals surface area contributed by atoms with E-state index in [1.54, 1.807) is 0 Å². The molecule has 1 fully saturated rings. The minimum absolute atomic E-state index is 0.00954. The number of carbonyl (C=O) groups excluding carboxylic acids is 1. The molecule has 0 aromatic heterocycles. The Hall–Kier alpha value is -1.00. The first kappa shape index (κ1) is 16.5. The minimum Gasteiger partial charge on any atom is -0.494 e. The van der Waals surface area contributed by atoms with Crippen LogP contribution in [0, 0.1) is 0 Å². The number of ketones is 1. The van der Waals surface area contributed by atoms with Crippen molar-refractivity contribution in [1.29, 1.82) is 0 Å². The standard InChI is InChI=1S/C18H16Cl3NO2/c1-24-17-14(20)6-11-9-2-3-18(22)7-8(23)4-12(18)10(9)5-13(19)15(11)16(17)21/h5-6,12H,2-4,7,22H2,1H3/t12-,18-/m1/s1. The monoisotopic (exact) mass is 383 g/mol. The summed E-state index contributed by atoms with van der Waals surface area (Å²) < 4.78 is 5.30. The van der Waals surface area contributed by atoms with Gasteiger partial charge in [0.2, 0.25) is 0 Å². The Morgan fingerprint density at radius 2 is 2.00 bits per heavy atom. The predicted molar refractivity (Wildman–Crippen MR) is 97.8 cm³/mol. The molecule has 2 atom stereocenters. The predicted octanol–water partition coefficient (Wildman–Crippen LogP) is 4.90. The third kappa shape index (κ3) is 2.19. The number of aryl methyl sites for hydroxylation is 1. The molecule has 4 rings (SSSR count). The van der Waals surface area contributed by atoms with E-state index in [2.05, 4.69) is 0 Å². The highest BCUT2D eigenvalue weighted by Crippen LogP contribution is 2.52. The normalized spacial score (nSPS) is 25.7. The van der Waals surface area contributed by atoms with E-state index >= 15 is 0 Å². The summed E-state index contributed by atoms with van der Waals surface area (Å²) in [5.74, 6) is 0.653. The van der Waals surface area contributed by atoms with Gasteiger partial charge in [0.05, 0.1) is 22.2 Å². The fraction of sp³-hybridized carbons (Fsp3) is 0.389. The van der Waals surface area contributed by atoms with Crippen LogP contribution in [-0.2, 0) is 11.2 Å². The summed E-state index contributed by atoms with van der Waals surface area (Å²) in [5, 5.41) is 3.07. The van der Waals surface area contributed by atoms with Gasteiger partial charge in [-0.25, -0.2) is 0 Å². The number of rotatable bonds is 1. The highest BCUT2D eigenvalue weighted by molar-refractivity contribution is 6.45. The molecule has 0 saturated heterocycles. The van der Waals surface area contributed by atoms with Crippen LogP contribution in [0.3, 0.4) is 0 Å². The molecule has 0 unspecified atom stereocenters. The number of Topliss-reactive ketones (excluding diaryl/α,β-unsaturated/α-hetero) is 1. The number of fused-ring (bicyclic) bond motifs is 5. The van der Waals surface area contributed by atoms with Crippen LogP contribution in [0.15, 0.2) is 12.1 Å². The minimum atomic E-state index is -0.457. The number of methoxy groups -OCH3 is 1. The van der Waals surface area contributed by atoms with Gasteiger partial charge in [-0.1, -0.05) is 34.8 Å². The zero-order valence-electron chi connectivity index (χ0n) is 13.1. The summed E-state index contributed by atoms with van der Waals surface area (Å²) in [5.41, 5.74) is 8.28. The van der Waals surface area contributed by atoms with Gasteiger partial charge < -0.3 is 10.5 Å². The van der Waals surface area contributed by atoms with Crippen LogP contribution in [0.2, 0.25) is 15.1 Å². The average Bonchev–Trinajstić information content (AvgIpc) is 2.82. The first-order valence-electron chi connectivity index (χ1n) is 7.83. The summed E-state index contributed by atoms with van der Waals surface area (Å²) in [4.78, 5) is 12.0. The van der Waals surface area contributed by atoms with E-state index < -0.39 is 5.54 Å². The third-order valence-electron chi connectivity index (χ3n) is 5.44. The van der Waals surface area contributed by atoms with Crippen molar-refractivity contribution in [3.05, 3.63) is 38.3 Å². The van der Waals surface area contributed by atoms with E-state index in [4.69, 9.17) is 45.3 Å². The number of halogens is 3. The average molecular weight is 385 g/mol. The second-order valence-corrected chi connectivity index (χ2v) is 7.95. The topological polar surface area (TPSA) is 52.3 Å². The third-order valence-corrected chi connectivity index (χ3v) is 6.38. The van der Waals surface area contributed by atoms with Crippen LogP contribution >= 0.6 is 34.8 Å². The van der Waals surface area contributed by atoms with Gasteiger partial charge in [0, 0.05) is 29.7 Å². The van der Waals surface area contributed by atoms with Gasteiger partial charge in [0.15, 0.2) is 5.75 Å². The zero-order chi connectivity index (χ0) is 17.2. The van der Waals surface area contributed by atoms with Gasteiger partial charge in [-0.05, 0) is 41.5 Å². The maximum atomic E-state index is 12.0. The number of nitrogens with two attached hydrogens (primary N) is 1. The molecule has 0 amide bonds. The van der Waals surface area contributed by atoms with Crippen molar-refractivity contribution >= 4 is 51.4 Å². The van der Waals surface area contributed by atoms with Crippen LogP contribution in [-0.4, -0.2) is 18.4 Å². The molecular weight excluding hydrogens is 369 g/mol. The molecule has 0 heterocycles. The second kappa shape index (κ2) is 5.50. The summed E-state index contributed by atoms with van der Waals surface area (Å²) >= 11 is 19.4. The highest BCUT2D eigenvalue weighted by atomic mass is 35.5. The van der Waals surface area contributed by atoms with Gasteiger partial charge in [0.25, 0.3) is 0 Å². The Balaban J connectivity index is 2.03. The Labute approximate surface area is 155 Å². The van der Waals surface area contributed by atoms with E-state index in [1.165, 1.54) is 7.11 Å². The Kier molecular flexibility index (Phi) is 3.77. The van der Waals surface area contributed by atoms with Gasteiger partial charge in [-0.2, -0.15) is 0 Å². The molecule has 3 nitrogen and oxygen atoms in total. The van der Waals surface area contributed by atoms with Crippen molar-refractivity contribution in [2.45, 2.75) is 37.1 Å². The lowest BCUT2D eigenvalue weighted by Gasteiger charge is -2.37. The SMILES string of the molecule is COc1c(Cl)cc2c3c(cc(Cl)c2c1Cl)[C@H]1CC(=O)C[C@]1(N)CC3. The highest BCUT2D eigenvalue weighted by Gasteiger charge is 2.48. The molecule has 1 saturated carbocycles. The lowest BCUT2D eigenvalue weighted by atomic mass is 9.71. The molecule has 0 spiro atoms. The van der Waals surface area contributed by atoms with Gasteiger partial charge in [0.1, 0.15) is 5.78 Å². The second-order valence-electron chi connectivity index (χ2n) is 6.76. The maximum Gasteiger partial charge on any atom is 0.156 e. The summed E-state index contributed by atoms with van der Waals surface area (Å²) in [7, 11) is 1.53. The Morgan fingerprint density at radius 1 is 1.25 bits per heavy atom. The van der Waals surface area contributed by atoms with Gasteiger partial charge in [-0.3, -0.25) is 4.79 Å². The van der Waals surface area contributed by atoms with E-state index in [9.17, 15) is 4.79 Å². The smallest absolute Gasteiger partial charge is 0.156 e. The molecule has 2 aromatic carbocycles. The maximum absolute atomic E-state index is 12.0. The lowest BCUT2D eigenvalue weighted by molar-refractivity contribution is -0.117. The van der Waals surface area contributed by atoms with E-state index in [0.717, 1.165) is 34.7 Å². The zero-order valence-corrected chi connectivity index (χ0v) is 15.4. The summed E-state index contributed by atoms with van der Waals surface area (Å²) in [6, 6.07) is 3.77. The number of ether oxygens (including phenoxy) is 1. The molecule has 0 aliphatic heterocycles. The number of hydrogen-bond donors (Lipinski definition) is 1. The molecule has 2 aliphatic carbocycles. The fourth-order valence-corrected chi connectivity index (χ4v) is 5.41. The van der Waals surface area contributed by atoms with Crippen LogP contribution in [0.25, 0.3) is 10.8 Å². The van der Waals surface area contributed by atoms with Crippen molar-refractivity contribution in [2.24, 2.45) is 5.73 Å². The van der Waals surface area contributed by atoms with Gasteiger partial charge in [-0.15, -0.1) is 0 Å². The van der Waals surface area contributed by atoms with E-state index in [0.29, 0.717) is 33.7 Å². The van der Waals surface area contributed by atoms with E-state index in [1.807, 2.05) is 12.1 Å². The van der Waals surface area contributed by atoms with Crippen LogP contribution in [0.1, 0.15) is 36.3 Å². The molecule has 24 heavy (non-hydrogen) atoms. The largest absolute Gasteiger partial charge is 0.494 e. The molecule has 126 valence electrons. The fourth-order valence-electron chi connectivity index (χ4n) is 4.33. The molecule has 0 radical (unpaired) electrons. The van der Waals surface area contributed by atoms with Crippen LogP contribution in [0.4, 0.5) is 0 Å². The first-order chi connectivity index (χ1) is 11.4. The molecule has 2 aromatic rings. The van der Waals surface area contributed by atoms with Crippen molar-refractivity contribution in [1.82, 2.24) is 0 Å². The number of carbonyl (C=O) groups is 1. The van der Waals surface area contributed by atoms with Crippen molar-refractivity contribution in [3.63, 3.8) is 0 Å². The van der Waals surface area contributed by atoms with Gasteiger partial charge >= 0.3 is 0 Å². The molecular formula is C18H16Cl3NO2. The lowest BCUT2D eigenvalue weighted by Crippen LogP contribution is -2.45. The molecule has 2 N–H and O–H groups in total. The van der Waals surface area contributed by atoms with Crippen molar-refractivity contribution in [2.75, 3.05) is 7.11 Å². The van der Waals surface area contributed by atoms with Crippen molar-refractivity contribution in [3.8, 4) is 5.75 Å². The van der Waals surface area contributed by atoms with E-state index in [-0.39, 0.29) is 11.7 Å².